The number of ether oxygens (including phenoxy) is 3. The zero-order valence-electron chi connectivity index (χ0n) is 17.7. The van der Waals surface area contributed by atoms with Crippen molar-refractivity contribution in [2.45, 2.75) is 27.7 Å². The Labute approximate surface area is 176 Å². The summed E-state index contributed by atoms with van der Waals surface area (Å²) in [5.74, 6) is 0.0653. The van der Waals surface area contributed by atoms with Crippen LogP contribution in [0.1, 0.15) is 48.4 Å². The Hall–Kier alpha value is -3.35. The van der Waals surface area contributed by atoms with Crippen LogP contribution >= 0.6 is 0 Å². The van der Waals surface area contributed by atoms with Crippen molar-refractivity contribution in [1.82, 2.24) is 0 Å². The molecule has 0 radical (unpaired) electrons. The highest BCUT2D eigenvalue weighted by molar-refractivity contribution is 5.98. The van der Waals surface area contributed by atoms with Crippen molar-refractivity contribution in [3.8, 4) is 11.5 Å². The first kappa shape index (κ1) is 22.9. The predicted octanol–water partition coefficient (Wildman–Crippen LogP) is 4.12. The fraction of sp³-hybridized carbons (Fsp3) is 0.348. The smallest absolute Gasteiger partial charge is 0.338 e. The molecule has 7 nitrogen and oxygen atoms in total. The number of nitrogens with one attached hydrogen (secondary N) is 1. The summed E-state index contributed by atoms with van der Waals surface area (Å²) in [6.45, 7) is 7.83. The van der Waals surface area contributed by atoms with Gasteiger partial charge in [-0.1, -0.05) is 26.0 Å². The van der Waals surface area contributed by atoms with Crippen molar-refractivity contribution in [3.05, 3.63) is 53.6 Å². The highest BCUT2D eigenvalue weighted by Crippen LogP contribution is 2.29. The third kappa shape index (κ3) is 6.92. The molecular weight excluding hydrogens is 386 g/mol. The molecular formula is C23H27NO6. The number of benzene rings is 2. The maximum Gasteiger partial charge on any atom is 0.338 e. The Morgan fingerprint density at radius 2 is 1.73 bits per heavy atom. The minimum Gasteiger partial charge on any atom is -0.490 e. The lowest BCUT2D eigenvalue weighted by Crippen LogP contribution is -2.21. The van der Waals surface area contributed by atoms with E-state index >= 15 is 0 Å². The zero-order valence-corrected chi connectivity index (χ0v) is 17.7. The summed E-state index contributed by atoms with van der Waals surface area (Å²) < 4.78 is 16.4. The number of Topliss-reactive ketones (excluding diaryl/α,β-unsaturated/α-hetero) is 1. The van der Waals surface area contributed by atoms with Gasteiger partial charge in [-0.05, 0) is 50.1 Å². The number of rotatable bonds is 10. The van der Waals surface area contributed by atoms with Gasteiger partial charge in [0.15, 0.2) is 23.9 Å². The molecule has 0 heterocycles. The summed E-state index contributed by atoms with van der Waals surface area (Å²) in [5, 5.41) is 2.60. The summed E-state index contributed by atoms with van der Waals surface area (Å²) in [6.07, 6.45) is 0. The first-order chi connectivity index (χ1) is 14.3. The average molecular weight is 413 g/mol. The van der Waals surface area contributed by atoms with Crippen molar-refractivity contribution >= 4 is 23.3 Å². The molecule has 0 aromatic heterocycles. The van der Waals surface area contributed by atoms with Crippen LogP contribution in [0.5, 0.6) is 11.5 Å². The first-order valence-electron chi connectivity index (χ1n) is 9.77. The lowest BCUT2D eigenvalue weighted by Gasteiger charge is -2.14. The fourth-order valence-corrected chi connectivity index (χ4v) is 2.51. The number of esters is 1. The van der Waals surface area contributed by atoms with Gasteiger partial charge in [-0.3, -0.25) is 9.59 Å². The van der Waals surface area contributed by atoms with E-state index in [1.54, 1.807) is 36.4 Å². The highest BCUT2D eigenvalue weighted by atomic mass is 16.5. The molecule has 2 aromatic carbocycles. The fourth-order valence-electron chi connectivity index (χ4n) is 2.51. The van der Waals surface area contributed by atoms with Gasteiger partial charge in [-0.25, -0.2) is 4.79 Å². The van der Waals surface area contributed by atoms with Crippen LogP contribution in [0.25, 0.3) is 0 Å². The normalized spacial score (nSPS) is 10.4. The number of anilines is 1. The Morgan fingerprint density at radius 1 is 0.967 bits per heavy atom. The van der Waals surface area contributed by atoms with Gasteiger partial charge >= 0.3 is 5.97 Å². The van der Waals surface area contributed by atoms with Crippen molar-refractivity contribution in [1.29, 1.82) is 0 Å². The number of hydrogen-bond donors (Lipinski definition) is 1. The Bertz CT molecular complexity index is 906. The molecule has 160 valence electrons. The van der Waals surface area contributed by atoms with Gasteiger partial charge < -0.3 is 19.5 Å². The lowest BCUT2D eigenvalue weighted by molar-refractivity contribution is -0.119. The summed E-state index contributed by atoms with van der Waals surface area (Å²) in [5.41, 5.74) is 1.18. The Kier molecular flexibility index (Phi) is 8.41. The molecule has 0 bridgehead atoms. The van der Waals surface area contributed by atoms with E-state index < -0.39 is 18.5 Å². The maximum absolute atomic E-state index is 12.3. The van der Waals surface area contributed by atoms with Gasteiger partial charge in [0.25, 0.3) is 5.91 Å². The number of ketones is 1. The molecule has 7 heteroatoms. The molecule has 0 spiro atoms. The molecule has 1 N–H and O–H groups in total. The minimum atomic E-state index is -0.654. The molecule has 0 atom stereocenters. The lowest BCUT2D eigenvalue weighted by atomic mass is 10.1. The van der Waals surface area contributed by atoms with Crippen LogP contribution in [-0.4, -0.2) is 37.5 Å². The monoisotopic (exact) mass is 413 g/mol. The van der Waals surface area contributed by atoms with Gasteiger partial charge in [-0.15, -0.1) is 0 Å². The van der Waals surface area contributed by atoms with Crippen molar-refractivity contribution in [2.24, 2.45) is 5.92 Å². The molecule has 0 fully saturated rings. The van der Waals surface area contributed by atoms with Gasteiger partial charge in [0.2, 0.25) is 0 Å². The van der Waals surface area contributed by atoms with E-state index in [4.69, 9.17) is 14.2 Å². The van der Waals surface area contributed by atoms with E-state index in [1.807, 2.05) is 20.8 Å². The van der Waals surface area contributed by atoms with Crippen molar-refractivity contribution < 1.29 is 28.6 Å². The van der Waals surface area contributed by atoms with E-state index in [0.29, 0.717) is 41.9 Å². The number of hydrogen-bond acceptors (Lipinski definition) is 6. The van der Waals surface area contributed by atoms with Crippen LogP contribution < -0.4 is 14.8 Å². The molecule has 0 saturated carbocycles. The van der Waals surface area contributed by atoms with E-state index in [9.17, 15) is 14.4 Å². The molecule has 0 unspecified atom stereocenters. The molecule has 0 aliphatic carbocycles. The maximum atomic E-state index is 12.3. The third-order valence-corrected chi connectivity index (χ3v) is 3.94. The highest BCUT2D eigenvalue weighted by Gasteiger charge is 2.15. The summed E-state index contributed by atoms with van der Waals surface area (Å²) in [6, 6.07) is 11.3. The summed E-state index contributed by atoms with van der Waals surface area (Å²) in [4.78, 5) is 35.8. The largest absolute Gasteiger partial charge is 0.490 e. The molecule has 1 amide bonds. The number of carbonyl (C=O) groups is 3. The second-order valence-corrected chi connectivity index (χ2v) is 7.06. The van der Waals surface area contributed by atoms with Crippen LogP contribution in [0.3, 0.4) is 0 Å². The molecule has 0 saturated heterocycles. The number of amides is 1. The molecule has 30 heavy (non-hydrogen) atoms. The van der Waals surface area contributed by atoms with Gasteiger partial charge in [0, 0.05) is 11.3 Å². The molecule has 0 aliphatic heterocycles. The van der Waals surface area contributed by atoms with Crippen LogP contribution in [-0.2, 0) is 9.53 Å². The van der Waals surface area contributed by atoms with E-state index in [0.717, 1.165) is 0 Å². The van der Waals surface area contributed by atoms with Crippen LogP contribution in [0.2, 0.25) is 0 Å². The van der Waals surface area contributed by atoms with E-state index in [1.165, 1.54) is 13.0 Å². The minimum absolute atomic E-state index is 0.108. The van der Waals surface area contributed by atoms with E-state index in [2.05, 4.69) is 5.32 Å². The van der Waals surface area contributed by atoms with Gasteiger partial charge in [0.1, 0.15) is 0 Å². The summed E-state index contributed by atoms with van der Waals surface area (Å²) in [7, 11) is 0. The predicted molar refractivity (Wildman–Crippen MR) is 113 cm³/mol. The quantitative estimate of drug-likeness (QED) is 0.465. The Balaban J connectivity index is 1.98. The SMILES string of the molecule is CCOc1cc(C(=O)OCC(=O)Nc2cccc(C(C)=O)c2)ccc1OCC(C)C. The van der Waals surface area contributed by atoms with Crippen LogP contribution in [0.4, 0.5) is 5.69 Å². The first-order valence-corrected chi connectivity index (χ1v) is 9.77. The topological polar surface area (TPSA) is 90.9 Å². The number of carbonyl (C=O) groups excluding carboxylic acids is 3. The van der Waals surface area contributed by atoms with Crippen LogP contribution in [0.15, 0.2) is 42.5 Å². The second-order valence-electron chi connectivity index (χ2n) is 7.06. The van der Waals surface area contributed by atoms with Crippen molar-refractivity contribution in [3.63, 3.8) is 0 Å². The molecule has 2 aromatic rings. The standard InChI is InChI=1S/C23H27NO6/c1-5-28-21-12-18(9-10-20(21)29-13-15(2)3)23(27)30-14-22(26)24-19-8-6-7-17(11-19)16(4)25/h6-12,15H,5,13-14H2,1-4H3,(H,24,26). The Morgan fingerprint density at radius 3 is 2.40 bits per heavy atom. The zero-order chi connectivity index (χ0) is 22.1. The molecule has 0 aliphatic rings. The molecule has 2 rings (SSSR count). The van der Waals surface area contributed by atoms with Gasteiger partial charge in [0.05, 0.1) is 18.8 Å². The van der Waals surface area contributed by atoms with E-state index in [-0.39, 0.29) is 11.3 Å². The average Bonchev–Trinajstić information content (AvgIpc) is 2.71. The van der Waals surface area contributed by atoms with Crippen LogP contribution in [0, 0.1) is 5.92 Å². The van der Waals surface area contributed by atoms with Gasteiger partial charge in [-0.2, -0.15) is 0 Å². The summed E-state index contributed by atoms with van der Waals surface area (Å²) >= 11 is 0. The van der Waals surface area contributed by atoms with Crippen molar-refractivity contribution in [2.75, 3.05) is 25.1 Å². The second kappa shape index (κ2) is 11.0. The third-order valence-electron chi connectivity index (χ3n) is 3.94.